The summed E-state index contributed by atoms with van der Waals surface area (Å²) in [6.45, 7) is -0.343. The molecule has 2 aromatic heterocycles. The molecule has 3 atom stereocenters. The van der Waals surface area contributed by atoms with Gasteiger partial charge in [-0.05, 0) is 0 Å². The first kappa shape index (κ1) is 12.8. The third-order valence-electron chi connectivity index (χ3n) is 3.28. The summed E-state index contributed by atoms with van der Waals surface area (Å²) in [5, 5.41) is 30.5. The zero-order valence-electron chi connectivity index (χ0n) is 10.3. The van der Waals surface area contributed by atoms with Gasteiger partial charge in [0, 0.05) is 6.42 Å². The molecule has 2 aromatic rings. The van der Waals surface area contributed by atoms with Crippen LogP contribution in [0.4, 0.5) is 5.95 Å². The highest BCUT2D eigenvalue weighted by Crippen LogP contribution is 2.29. The molecule has 1 fully saturated rings. The Morgan fingerprint density at radius 1 is 1.70 bits per heavy atom. The molecule has 3 heterocycles. The molecule has 5 N–H and O–H groups in total. The molecule has 1 saturated heterocycles. The molecule has 108 valence electrons. The lowest BCUT2D eigenvalue weighted by molar-refractivity contribution is -0.579. The van der Waals surface area contributed by atoms with Crippen molar-refractivity contribution < 1.29 is 19.7 Å². The molecule has 0 bridgehead atoms. The van der Waals surface area contributed by atoms with Crippen molar-refractivity contribution in [2.75, 3.05) is 12.3 Å². The number of nitrogens with one attached hydrogen (secondary N) is 1. The number of hydrogen-bond acceptors (Lipinski definition) is 7. The quantitative estimate of drug-likeness (QED) is 0.353. The second-order valence-corrected chi connectivity index (χ2v) is 4.59. The molecule has 0 aromatic carbocycles. The molecule has 1 aliphatic rings. The minimum Gasteiger partial charge on any atom is -0.710 e. The largest absolute Gasteiger partial charge is 0.710 e. The summed E-state index contributed by atoms with van der Waals surface area (Å²) in [7, 11) is 0. The molecule has 0 aliphatic carbocycles. The van der Waals surface area contributed by atoms with Crippen molar-refractivity contribution in [1.82, 2.24) is 14.5 Å². The van der Waals surface area contributed by atoms with E-state index in [9.17, 15) is 15.1 Å². The molecule has 0 saturated carbocycles. The standard InChI is InChI=1S/C10H13N5O5/c11-10-12-8-7(9(18)13-10)15(19)3-14(8)6-1-4(17)5(2-16)20-6/h3-6,16-17H,1-2H2,(H3,11,12,13,18)/t4-,5+,6-/m0/s1. The molecule has 10 heteroatoms. The van der Waals surface area contributed by atoms with Crippen molar-refractivity contribution in [2.45, 2.75) is 24.9 Å². The summed E-state index contributed by atoms with van der Waals surface area (Å²) in [4.78, 5) is 17.8. The van der Waals surface area contributed by atoms with E-state index in [1.165, 1.54) is 4.57 Å². The predicted molar refractivity (Wildman–Crippen MR) is 65.3 cm³/mol. The Bertz CT molecular complexity index is 710. The first-order valence-electron chi connectivity index (χ1n) is 5.95. The summed E-state index contributed by atoms with van der Waals surface area (Å²) >= 11 is 0. The maximum Gasteiger partial charge on any atom is 0.304 e. The van der Waals surface area contributed by atoms with Gasteiger partial charge >= 0.3 is 5.56 Å². The molecule has 0 radical (unpaired) electrons. The number of aromatic amines is 1. The zero-order chi connectivity index (χ0) is 14.4. The van der Waals surface area contributed by atoms with E-state index < -0.39 is 24.0 Å². The lowest BCUT2D eigenvalue weighted by atomic mass is 10.2. The topological polar surface area (TPSA) is 153 Å². The lowest BCUT2D eigenvalue weighted by Gasteiger charge is -2.09. The molecule has 20 heavy (non-hydrogen) atoms. The maximum absolute atomic E-state index is 11.7. The van der Waals surface area contributed by atoms with Crippen molar-refractivity contribution in [3.05, 3.63) is 21.9 Å². The van der Waals surface area contributed by atoms with Crippen molar-refractivity contribution in [3.8, 4) is 0 Å². The lowest BCUT2D eigenvalue weighted by Crippen LogP contribution is -2.30. The van der Waals surface area contributed by atoms with Gasteiger partial charge < -0.3 is 25.9 Å². The fraction of sp³-hybridized carbons (Fsp3) is 0.500. The van der Waals surface area contributed by atoms with Gasteiger partial charge in [-0.1, -0.05) is 0 Å². The van der Waals surface area contributed by atoms with Gasteiger partial charge in [0.25, 0.3) is 17.5 Å². The van der Waals surface area contributed by atoms with E-state index in [4.69, 9.17) is 15.6 Å². The van der Waals surface area contributed by atoms with Crippen molar-refractivity contribution >= 4 is 17.1 Å². The fourth-order valence-corrected chi connectivity index (χ4v) is 2.34. The number of ether oxygens (including phenoxy) is 1. The minimum absolute atomic E-state index is 0.0667. The Balaban J connectivity index is 2.11. The van der Waals surface area contributed by atoms with Crippen LogP contribution in [0.5, 0.6) is 0 Å². The van der Waals surface area contributed by atoms with Gasteiger partial charge in [0.2, 0.25) is 12.2 Å². The predicted octanol–water partition coefficient (Wildman–Crippen LogP) is -2.42. The fourth-order valence-electron chi connectivity index (χ4n) is 2.34. The van der Waals surface area contributed by atoms with Gasteiger partial charge in [-0.25, -0.2) is 4.73 Å². The minimum atomic E-state index is -0.859. The Hall–Kier alpha value is -2.17. The van der Waals surface area contributed by atoms with Crippen LogP contribution in [0.1, 0.15) is 12.6 Å². The summed E-state index contributed by atoms with van der Waals surface area (Å²) in [6, 6.07) is 0. The monoisotopic (exact) mass is 283 g/mol. The molecular formula is C10H13N5O5. The van der Waals surface area contributed by atoms with Crippen molar-refractivity contribution in [1.29, 1.82) is 0 Å². The number of rotatable bonds is 2. The second-order valence-electron chi connectivity index (χ2n) is 4.59. The van der Waals surface area contributed by atoms with Crippen LogP contribution in [0.2, 0.25) is 0 Å². The number of hydrogen-bond donors (Lipinski definition) is 4. The number of anilines is 1. The van der Waals surface area contributed by atoms with Crippen molar-refractivity contribution in [3.63, 3.8) is 0 Å². The third kappa shape index (κ3) is 1.81. The highest BCUT2D eigenvalue weighted by Gasteiger charge is 2.39. The molecule has 0 amide bonds. The van der Waals surface area contributed by atoms with E-state index >= 15 is 0 Å². The summed E-state index contributed by atoms with van der Waals surface area (Å²) in [5.41, 5.74) is 4.68. The molecule has 1 aliphatic heterocycles. The van der Waals surface area contributed by atoms with Gasteiger partial charge in [-0.3, -0.25) is 9.78 Å². The Labute approximate surface area is 111 Å². The zero-order valence-corrected chi connectivity index (χ0v) is 10.3. The molecule has 10 nitrogen and oxygen atoms in total. The Kier molecular flexibility index (Phi) is 2.85. The number of nitrogen functional groups attached to an aromatic ring is 1. The number of fused-ring (bicyclic) bond motifs is 1. The highest BCUT2D eigenvalue weighted by molar-refractivity contribution is 5.67. The van der Waals surface area contributed by atoms with E-state index in [1.54, 1.807) is 0 Å². The van der Waals surface area contributed by atoms with Gasteiger partial charge in [0.1, 0.15) is 6.10 Å². The van der Waals surface area contributed by atoms with E-state index in [0.29, 0.717) is 4.73 Å². The van der Waals surface area contributed by atoms with E-state index in [0.717, 1.165) is 6.33 Å². The average molecular weight is 283 g/mol. The number of nitrogens with zero attached hydrogens (tertiary/aromatic N) is 3. The first-order chi connectivity index (χ1) is 9.51. The van der Waals surface area contributed by atoms with Gasteiger partial charge in [0.15, 0.2) is 0 Å². The number of imidazole rings is 1. The van der Waals surface area contributed by atoms with Crippen LogP contribution in [0, 0.1) is 5.21 Å². The van der Waals surface area contributed by atoms with Crippen LogP contribution in [-0.4, -0.2) is 43.6 Å². The van der Waals surface area contributed by atoms with Crippen LogP contribution < -0.4 is 16.0 Å². The van der Waals surface area contributed by atoms with Gasteiger partial charge in [-0.15, -0.1) is 0 Å². The number of aromatic nitrogens is 4. The molecule has 0 spiro atoms. The van der Waals surface area contributed by atoms with Crippen LogP contribution in [0.3, 0.4) is 0 Å². The summed E-state index contributed by atoms with van der Waals surface area (Å²) in [5.74, 6) is -0.125. The van der Waals surface area contributed by atoms with Crippen LogP contribution in [0.25, 0.3) is 11.2 Å². The Morgan fingerprint density at radius 3 is 3.10 bits per heavy atom. The van der Waals surface area contributed by atoms with Crippen LogP contribution >= 0.6 is 0 Å². The normalized spacial score (nSPS) is 26.4. The van der Waals surface area contributed by atoms with Crippen molar-refractivity contribution in [2.24, 2.45) is 0 Å². The average Bonchev–Trinajstić information content (AvgIpc) is 2.90. The smallest absolute Gasteiger partial charge is 0.304 e. The third-order valence-corrected chi connectivity index (χ3v) is 3.28. The highest BCUT2D eigenvalue weighted by atomic mass is 16.5. The van der Waals surface area contributed by atoms with E-state index in [2.05, 4.69) is 9.97 Å². The van der Waals surface area contributed by atoms with Crippen LogP contribution in [0.15, 0.2) is 11.1 Å². The Morgan fingerprint density at radius 2 is 2.45 bits per heavy atom. The number of aliphatic hydroxyl groups excluding tert-OH is 2. The van der Waals surface area contributed by atoms with E-state index in [1.807, 2.05) is 0 Å². The van der Waals surface area contributed by atoms with Gasteiger partial charge in [0.05, 0.1) is 12.7 Å². The second kappa shape index (κ2) is 4.44. The first-order valence-corrected chi connectivity index (χ1v) is 5.95. The SMILES string of the molecule is Nc1nc2c(c(=O)[nH]1)[n+]([O-])cn2[C@@H]1C[C@H](O)[C@@H](CO)O1. The van der Waals surface area contributed by atoms with Crippen LogP contribution in [-0.2, 0) is 4.74 Å². The van der Waals surface area contributed by atoms with Gasteiger partial charge in [-0.2, -0.15) is 9.55 Å². The molecule has 3 rings (SSSR count). The molecular weight excluding hydrogens is 270 g/mol. The number of nitrogens with two attached hydrogens (primary N) is 1. The maximum atomic E-state index is 11.7. The number of H-pyrrole nitrogens is 1. The summed E-state index contributed by atoms with van der Waals surface area (Å²) < 4.78 is 7.12. The van der Waals surface area contributed by atoms with E-state index in [-0.39, 0.29) is 30.1 Å². The molecule has 0 unspecified atom stereocenters. The summed E-state index contributed by atoms with van der Waals surface area (Å²) in [6.07, 6.45) is -1.03. The number of aliphatic hydroxyl groups is 2.